The highest BCUT2D eigenvalue weighted by molar-refractivity contribution is 5.86. The molecule has 0 bridgehead atoms. The average molecular weight is 364 g/mol. The van der Waals surface area contributed by atoms with Crippen molar-refractivity contribution in [1.29, 1.82) is 0 Å². The first kappa shape index (κ1) is 16.3. The lowest BCUT2D eigenvalue weighted by molar-refractivity contribution is -0.168. The number of carbonyl (C=O) groups excluding carboxylic acids is 2. The van der Waals surface area contributed by atoms with Gasteiger partial charge in [-0.1, -0.05) is 24.6 Å². The maximum Gasteiger partial charge on any atom is 0.331 e. The van der Waals surface area contributed by atoms with Gasteiger partial charge in [0.15, 0.2) is 0 Å². The van der Waals surface area contributed by atoms with Crippen LogP contribution in [-0.2, 0) is 14.3 Å². The van der Waals surface area contributed by atoms with Crippen molar-refractivity contribution in [3.63, 3.8) is 0 Å². The van der Waals surface area contributed by atoms with Crippen molar-refractivity contribution in [2.24, 2.45) is 46.8 Å². The van der Waals surface area contributed by atoms with Crippen LogP contribution in [0.2, 0.25) is 0 Å². The van der Waals surface area contributed by atoms with Crippen LogP contribution in [0.25, 0.3) is 0 Å². The van der Waals surface area contributed by atoms with Gasteiger partial charge in [0.05, 0.1) is 0 Å². The number of Topliss-reactive ketones (excluding diaryl/α,β-unsaturated/α-hetero) is 1. The quantitative estimate of drug-likeness (QED) is 0.516. The summed E-state index contributed by atoms with van der Waals surface area (Å²) in [6.45, 7) is 6.58. The number of hydrogen-bond acceptors (Lipinski definition) is 3. The molecule has 4 saturated carbocycles. The van der Waals surface area contributed by atoms with Gasteiger partial charge in [-0.25, -0.2) is 4.79 Å². The molecule has 0 aromatic heterocycles. The molecule has 1 spiro atoms. The first-order chi connectivity index (χ1) is 13.0. The predicted molar refractivity (Wildman–Crippen MR) is 101 cm³/mol. The van der Waals surface area contributed by atoms with Crippen LogP contribution in [0, 0.1) is 46.8 Å². The van der Waals surface area contributed by atoms with Crippen LogP contribution in [0.5, 0.6) is 0 Å². The third-order valence-corrected chi connectivity index (χ3v) is 9.37. The number of esters is 1. The molecular formula is C24H28O3. The molecule has 0 unspecified atom stereocenters. The van der Waals surface area contributed by atoms with Crippen molar-refractivity contribution >= 4 is 11.8 Å². The highest BCUT2D eigenvalue weighted by Gasteiger charge is 2.78. The minimum Gasteiger partial charge on any atom is -0.451 e. The van der Waals surface area contributed by atoms with E-state index in [4.69, 9.17) is 4.74 Å². The summed E-state index contributed by atoms with van der Waals surface area (Å²) in [5.41, 5.74) is 1.08. The summed E-state index contributed by atoms with van der Waals surface area (Å²) in [6, 6.07) is 0. The number of fused-ring (bicyclic) bond motifs is 9. The lowest BCUT2D eigenvalue weighted by atomic mass is 9.47. The van der Waals surface area contributed by atoms with Crippen molar-refractivity contribution in [1.82, 2.24) is 0 Å². The highest BCUT2D eigenvalue weighted by atomic mass is 16.6. The fraction of sp³-hybridized carbons (Fsp3) is 0.667. The van der Waals surface area contributed by atoms with Gasteiger partial charge in [-0.15, -0.1) is 6.58 Å². The molecule has 0 saturated heterocycles. The predicted octanol–water partition coefficient (Wildman–Crippen LogP) is 4.25. The minimum atomic E-state index is -0.359. The first-order valence-corrected chi connectivity index (χ1v) is 10.8. The Kier molecular flexibility index (Phi) is 3.05. The van der Waals surface area contributed by atoms with E-state index < -0.39 is 0 Å². The number of hydrogen-bond donors (Lipinski definition) is 0. The van der Waals surface area contributed by atoms with Gasteiger partial charge in [0.25, 0.3) is 0 Å². The summed E-state index contributed by atoms with van der Waals surface area (Å²) in [7, 11) is 0. The van der Waals surface area contributed by atoms with Gasteiger partial charge in [-0.05, 0) is 67.3 Å². The molecule has 27 heavy (non-hydrogen) atoms. The molecule has 142 valence electrons. The number of allylic oxidation sites excluding steroid dienone is 3. The van der Waals surface area contributed by atoms with Crippen LogP contribution in [-0.4, -0.2) is 17.4 Å². The maximum absolute atomic E-state index is 12.0. The van der Waals surface area contributed by atoms with Crippen molar-refractivity contribution in [3.05, 3.63) is 36.5 Å². The molecule has 4 fully saturated rings. The highest BCUT2D eigenvalue weighted by Crippen LogP contribution is 2.77. The van der Waals surface area contributed by atoms with Gasteiger partial charge >= 0.3 is 5.97 Å². The molecule has 6 rings (SSSR count). The zero-order chi connectivity index (χ0) is 18.6. The zero-order valence-electron chi connectivity index (χ0n) is 16.0. The Labute approximate surface area is 160 Å². The summed E-state index contributed by atoms with van der Waals surface area (Å²) in [4.78, 5) is 24.1. The van der Waals surface area contributed by atoms with E-state index in [0.717, 1.165) is 19.3 Å². The molecule has 1 aliphatic heterocycles. The van der Waals surface area contributed by atoms with E-state index in [0.29, 0.717) is 53.6 Å². The molecule has 3 heteroatoms. The summed E-state index contributed by atoms with van der Waals surface area (Å²) in [5.74, 6) is 4.24. The lowest BCUT2D eigenvalue weighted by Crippen LogP contribution is -2.56. The Morgan fingerprint density at radius 1 is 1.26 bits per heavy atom. The van der Waals surface area contributed by atoms with Crippen LogP contribution in [0.1, 0.15) is 45.4 Å². The Morgan fingerprint density at radius 3 is 2.85 bits per heavy atom. The van der Waals surface area contributed by atoms with E-state index in [1.807, 2.05) is 0 Å². The van der Waals surface area contributed by atoms with E-state index >= 15 is 0 Å². The first-order valence-electron chi connectivity index (χ1n) is 10.8. The van der Waals surface area contributed by atoms with Crippen molar-refractivity contribution in [3.8, 4) is 0 Å². The second-order valence-electron chi connectivity index (χ2n) is 10.2. The van der Waals surface area contributed by atoms with Gasteiger partial charge in [0.2, 0.25) is 0 Å². The summed E-state index contributed by atoms with van der Waals surface area (Å²) >= 11 is 0. The third-order valence-electron chi connectivity index (χ3n) is 9.37. The SMILES string of the molecule is C=C[C@H]1C=C2CC(=O)CC[C@@H]2[C@H]2CC[C@@]3(C)[C@@H]([C@H]4C[C@H]4[C@@]34C=CC(=O)O4)[C@H]12. The molecular weight excluding hydrogens is 336 g/mol. The molecule has 6 aliphatic rings. The molecule has 1 heterocycles. The Hall–Kier alpha value is -1.64. The van der Waals surface area contributed by atoms with Gasteiger partial charge in [-0.3, -0.25) is 4.79 Å². The number of carbonyl (C=O) groups is 2. The van der Waals surface area contributed by atoms with Gasteiger partial charge in [-0.2, -0.15) is 0 Å². The lowest BCUT2D eigenvalue weighted by Gasteiger charge is -2.57. The topological polar surface area (TPSA) is 43.4 Å². The number of rotatable bonds is 1. The van der Waals surface area contributed by atoms with E-state index in [1.54, 1.807) is 6.08 Å². The number of ketones is 1. The van der Waals surface area contributed by atoms with E-state index in [-0.39, 0.29) is 17.0 Å². The second kappa shape index (κ2) is 5.04. The van der Waals surface area contributed by atoms with E-state index in [9.17, 15) is 9.59 Å². The van der Waals surface area contributed by atoms with Crippen molar-refractivity contribution in [2.75, 3.05) is 0 Å². The molecule has 0 aromatic rings. The van der Waals surface area contributed by atoms with Crippen LogP contribution in [0.4, 0.5) is 0 Å². The largest absolute Gasteiger partial charge is 0.451 e. The molecule has 0 aromatic carbocycles. The maximum atomic E-state index is 12.0. The summed E-state index contributed by atoms with van der Waals surface area (Å²) in [6.07, 6.45) is 14.3. The summed E-state index contributed by atoms with van der Waals surface area (Å²) in [5, 5.41) is 0. The fourth-order valence-corrected chi connectivity index (χ4v) is 8.39. The Bertz CT molecular complexity index is 821. The molecule has 0 amide bonds. The van der Waals surface area contributed by atoms with Gasteiger partial charge < -0.3 is 4.74 Å². The van der Waals surface area contributed by atoms with E-state index in [2.05, 4.69) is 31.7 Å². The van der Waals surface area contributed by atoms with Crippen LogP contribution >= 0.6 is 0 Å². The van der Waals surface area contributed by atoms with Gasteiger partial charge in [0.1, 0.15) is 11.4 Å². The van der Waals surface area contributed by atoms with Crippen molar-refractivity contribution < 1.29 is 14.3 Å². The van der Waals surface area contributed by atoms with Crippen LogP contribution < -0.4 is 0 Å². The van der Waals surface area contributed by atoms with Crippen LogP contribution in [0.3, 0.4) is 0 Å². The summed E-state index contributed by atoms with van der Waals surface area (Å²) < 4.78 is 6.07. The Balaban J connectivity index is 1.44. The molecule has 5 aliphatic carbocycles. The smallest absolute Gasteiger partial charge is 0.331 e. The van der Waals surface area contributed by atoms with Crippen LogP contribution in [0.15, 0.2) is 36.5 Å². The minimum absolute atomic E-state index is 0.0432. The third kappa shape index (κ3) is 1.84. The van der Waals surface area contributed by atoms with Crippen molar-refractivity contribution in [2.45, 2.75) is 51.0 Å². The Morgan fingerprint density at radius 2 is 2.11 bits per heavy atom. The molecule has 3 nitrogen and oxygen atoms in total. The van der Waals surface area contributed by atoms with E-state index in [1.165, 1.54) is 18.4 Å². The monoisotopic (exact) mass is 364 g/mol. The standard InChI is InChI=1S/C24H28O3/c1-3-13-10-14-11-15(25)4-5-16(14)17-6-8-23(2)22(21(13)17)18-12-19(18)24(23)9-7-20(26)27-24/h3,7,9-10,13,16-19,21-22H,1,4-6,8,11-12H2,2H3/t13-,16-,17+,18-,19+,21+,22-,23-,24-/m0/s1. The molecule has 0 radical (unpaired) electrons. The number of ether oxygens (including phenoxy) is 1. The normalized spacial score (nSPS) is 54.6. The molecule has 9 atom stereocenters. The zero-order valence-corrected chi connectivity index (χ0v) is 16.0. The molecule has 0 N–H and O–H groups in total. The fourth-order valence-electron chi connectivity index (χ4n) is 8.39. The van der Waals surface area contributed by atoms with Gasteiger partial charge in [0, 0.05) is 30.3 Å². The second-order valence-corrected chi connectivity index (χ2v) is 10.2. The average Bonchev–Trinajstić information content (AvgIpc) is 3.29.